The van der Waals surface area contributed by atoms with Crippen molar-refractivity contribution < 1.29 is 8.42 Å². The van der Waals surface area contributed by atoms with E-state index in [1.807, 2.05) is 0 Å². The summed E-state index contributed by atoms with van der Waals surface area (Å²) in [5.41, 5.74) is 1.30. The molecule has 112 valence electrons. The van der Waals surface area contributed by atoms with Crippen LogP contribution in [0.15, 0.2) is 18.2 Å². The van der Waals surface area contributed by atoms with E-state index in [1.54, 1.807) is 25.1 Å². The monoisotopic (exact) mass is 317 g/mol. The average Bonchev–Trinajstić information content (AvgIpc) is 2.43. The van der Waals surface area contributed by atoms with Gasteiger partial charge in [0, 0.05) is 37.7 Å². The van der Waals surface area contributed by atoms with Crippen molar-refractivity contribution >= 4 is 27.3 Å². The molecule has 1 aliphatic heterocycles. The second-order valence-electron chi connectivity index (χ2n) is 4.92. The van der Waals surface area contributed by atoms with Crippen LogP contribution in [-0.4, -0.2) is 51.8 Å². The highest BCUT2D eigenvalue weighted by molar-refractivity contribution is 7.92. The molecule has 5 nitrogen and oxygen atoms in total. The molecule has 20 heavy (non-hydrogen) atoms. The number of hydrogen-bond donors (Lipinski definition) is 2. The third-order valence-electron chi connectivity index (χ3n) is 3.42. The molecule has 1 saturated heterocycles. The van der Waals surface area contributed by atoms with E-state index < -0.39 is 10.0 Å². The maximum absolute atomic E-state index is 12.1. The van der Waals surface area contributed by atoms with Crippen LogP contribution in [0, 0.1) is 6.92 Å². The Morgan fingerprint density at radius 1 is 1.35 bits per heavy atom. The Bertz CT molecular complexity index is 557. The first-order valence-electron chi connectivity index (χ1n) is 6.66. The highest BCUT2D eigenvalue weighted by Gasteiger charge is 2.16. The summed E-state index contributed by atoms with van der Waals surface area (Å²) in [6.45, 7) is 5.98. The Labute approximate surface area is 125 Å². The van der Waals surface area contributed by atoms with Gasteiger partial charge in [0.2, 0.25) is 10.0 Å². The average molecular weight is 318 g/mol. The molecule has 0 aliphatic carbocycles. The summed E-state index contributed by atoms with van der Waals surface area (Å²) in [6, 6.07) is 5.21. The van der Waals surface area contributed by atoms with Gasteiger partial charge in [-0.1, -0.05) is 17.7 Å². The van der Waals surface area contributed by atoms with Crippen LogP contribution in [0.25, 0.3) is 0 Å². The van der Waals surface area contributed by atoms with Gasteiger partial charge in [-0.15, -0.1) is 0 Å². The lowest BCUT2D eigenvalue weighted by Crippen LogP contribution is -2.45. The van der Waals surface area contributed by atoms with Gasteiger partial charge in [0.25, 0.3) is 0 Å². The molecule has 0 atom stereocenters. The summed E-state index contributed by atoms with van der Waals surface area (Å²) in [7, 11) is -3.34. The summed E-state index contributed by atoms with van der Waals surface area (Å²) in [5, 5.41) is 3.81. The fourth-order valence-corrected chi connectivity index (χ4v) is 3.45. The van der Waals surface area contributed by atoms with Crippen molar-refractivity contribution in [2.45, 2.75) is 6.92 Å². The molecule has 0 saturated carbocycles. The lowest BCUT2D eigenvalue weighted by molar-refractivity contribution is 0.254. The van der Waals surface area contributed by atoms with Crippen molar-refractivity contribution in [3.8, 4) is 0 Å². The summed E-state index contributed by atoms with van der Waals surface area (Å²) in [5.74, 6) is 0.0962. The van der Waals surface area contributed by atoms with Gasteiger partial charge in [-0.25, -0.2) is 8.42 Å². The highest BCUT2D eigenvalue weighted by Crippen LogP contribution is 2.23. The molecule has 7 heteroatoms. The van der Waals surface area contributed by atoms with Crippen LogP contribution in [0.5, 0.6) is 0 Å². The number of rotatable bonds is 5. The third-order valence-corrected chi connectivity index (χ3v) is 5.08. The fourth-order valence-electron chi connectivity index (χ4n) is 2.12. The number of anilines is 1. The van der Waals surface area contributed by atoms with Crippen LogP contribution < -0.4 is 10.0 Å². The van der Waals surface area contributed by atoms with Crippen LogP contribution in [0.1, 0.15) is 5.56 Å². The smallest absolute Gasteiger partial charge is 0.233 e. The molecule has 0 unspecified atom stereocenters. The molecule has 0 radical (unpaired) electrons. The number of sulfonamides is 1. The van der Waals surface area contributed by atoms with Crippen LogP contribution >= 0.6 is 11.6 Å². The Morgan fingerprint density at radius 2 is 2.05 bits per heavy atom. The van der Waals surface area contributed by atoms with Gasteiger partial charge in [-0.2, -0.15) is 0 Å². The molecule has 1 aromatic carbocycles. The van der Waals surface area contributed by atoms with Gasteiger partial charge in [-0.3, -0.25) is 9.62 Å². The predicted molar refractivity (Wildman–Crippen MR) is 82.9 cm³/mol. The number of nitrogens with one attached hydrogen (secondary N) is 2. The van der Waals surface area contributed by atoms with Crippen molar-refractivity contribution in [2.24, 2.45) is 0 Å². The molecule has 1 fully saturated rings. The molecule has 2 rings (SSSR count). The van der Waals surface area contributed by atoms with Crippen molar-refractivity contribution in [1.29, 1.82) is 0 Å². The van der Waals surface area contributed by atoms with Crippen LogP contribution in [0.3, 0.4) is 0 Å². The Kier molecular flexibility index (Phi) is 5.26. The first kappa shape index (κ1) is 15.6. The molecule has 2 N–H and O–H groups in total. The van der Waals surface area contributed by atoms with Crippen LogP contribution in [0.4, 0.5) is 5.69 Å². The number of piperazine rings is 1. The van der Waals surface area contributed by atoms with Gasteiger partial charge in [0.15, 0.2) is 0 Å². The second-order valence-corrected chi connectivity index (χ2v) is 7.17. The molecule has 1 heterocycles. The van der Waals surface area contributed by atoms with Crippen LogP contribution in [-0.2, 0) is 10.0 Å². The molecule has 1 aromatic rings. The number of benzene rings is 1. The van der Waals surface area contributed by atoms with E-state index in [4.69, 9.17) is 11.6 Å². The first-order valence-corrected chi connectivity index (χ1v) is 8.70. The van der Waals surface area contributed by atoms with Gasteiger partial charge >= 0.3 is 0 Å². The molecule has 0 spiro atoms. The standard InChI is InChI=1S/C13H20ClN3O2S/c1-11-12(14)3-2-4-13(11)16-20(18,19)10-9-17-7-5-15-6-8-17/h2-4,15-16H,5-10H2,1H3. The van der Waals surface area contributed by atoms with E-state index in [1.165, 1.54) is 0 Å². The summed E-state index contributed by atoms with van der Waals surface area (Å²) in [6.07, 6.45) is 0. The topological polar surface area (TPSA) is 61.4 Å². The first-order chi connectivity index (χ1) is 9.48. The summed E-state index contributed by atoms with van der Waals surface area (Å²) in [4.78, 5) is 2.15. The fraction of sp³-hybridized carbons (Fsp3) is 0.538. The van der Waals surface area contributed by atoms with Gasteiger partial charge in [-0.05, 0) is 24.6 Å². The summed E-state index contributed by atoms with van der Waals surface area (Å²) < 4.78 is 26.8. The SMILES string of the molecule is Cc1c(Cl)cccc1NS(=O)(=O)CCN1CCNCC1. The van der Waals surface area contributed by atoms with Gasteiger partial charge in [0.05, 0.1) is 11.4 Å². The molecular weight excluding hydrogens is 298 g/mol. The Balaban J connectivity index is 1.94. The molecule has 0 aromatic heterocycles. The molecule has 1 aliphatic rings. The van der Waals surface area contributed by atoms with E-state index in [-0.39, 0.29) is 5.75 Å². The number of nitrogens with zero attached hydrogens (tertiary/aromatic N) is 1. The maximum atomic E-state index is 12.1. The number of hydrogen-bond acceptors (Lipinski definition) is 4. The Morgan fingerprint density at radius 3 is 2.75 bits per heavy atom. The highest BCUT2D eigenvalue weighted by atomic mass is 35.5. The normalized spacial score (nSPS) is 17.1. The molecule has 0 amide bonds. The van der Waals surface area contributed by atoms with Crippen molar-refractivity contribution in [1.82, 2.24) is 10.2 Å². The quantitative estimate of drug-likeness (QED) is 0.859. The minimum absolute atomic E-state index is 0.0962. The van der Waals surface area contributed by atoms with Crippen molar-refractivity contribution in [3.63, 3.8) is 0 Å². The second kappa shape index (κ2) is 6.76. The Hall–Kier alpha value is -0.820. The maximum Gasteiger partial charge on any atom is 0.233 e. The van der Waals surface area contributed by atoms with Gasteiger partial charge < -0.3 is 5.32 Å². The summed E-state index contributed by atoms with van der Waals surface area (Å²) >= 11 is 5.99. The zero-order valence-corrected chi connectivity index (χ0v) is 13.1. The largest absolute Gasteiger partial charge is 0.314 e. The lowest BCUT2D eigenvalue weighted by Gasteiger charge is -2.27. The minimum atomic E-state index is -3.34. The number of halogens is 1. The van der Waals surface area contributed by atoms with Crippen LogP contribution in [0.2, 0.25) is 5.02 Å². The zero-order valence-electron chi connectivity index (χ0n) is 11.5. The minimum Gasteiger partial charge on any atom is -0.314 e. The van der Waals surface area contributed by atoms with Crippen molar-refractivity contribution in [2.75, 3.05) is 43.2 Å². The van der Waals surface area contributed by atoms with E-state index in [2.05, 4.69) is 14.9 Å². The third kappa shape index (κ3) is 4.34. The van der Waals surface area contributed by atoms with E-state index >= 15 is 0 Å². The van der Waals surface area contributed by atoms with Gasteiger partial charge in [0.1, 0.15) is 0 Å². The molecule has 0 bridgehead atoms. The molecular formula is C13H20ClN3O2S. The predicted octanol–water partition coefficient (Wildman–Crippen LogP) is 1.30. The van der Waals surface area contributed by atoms with Crippen molar-refractivity contribution in [3.05, 3.63) is 28.8 Å². The lowest BCUT2D eigenvalue weighted by atomic mass is 10.2. The van der Waals surface area contributed by atoms with E-state index in [0.29, 0.717) is 17.3 Å². The van der Waals surface area contributed by atoms with E-state index in [0.717, 1.165) is 31.7 Å². The zero-order chi connectivity index (χ0) is 14.6. The van der Waals surface area contributed by atoms with E-state index in [9.17, 15) is 8.42 Å².